The predicted octanol–water partition coefficient (Wildman–Crippen LogP) is 4.67. The average Bonchev–Trinajstić information content (AvgIpc) is 2.98. The molecule has 0 bridgehead atoms. The number of carbonyl (C=O) groups is 1. The second-order valence-electron chi connectivity index (χ2n) is 6.18. The van der Waals surface area contributed by atoms with Gasteiger partial charge in [-0.1, -0.05) is 23.7 Å². The Balaban J connectivity index is 1.88. The quantitative estimate of drug-likeness (QED) is 0.458. The molecule has 1 atom stereocenters. The molecule has 27 heavy (non-hydrogen) atoms. The van der Waals surface area contributed by atoms with Crippen molar-refractivity contribution in [2.45, 2.75) is 31.6 Å². The summed E-state index contributed by atoms with van der Waals surface area (Å²) >= 11 is 10.3. The van der Waals surface area contributed by atoms with Gasteiger partial charge in [-0.05, 0) is 43.2 Å². The van der Waals surface area contributed by atoms with Crippen molar-refractivity contribution in [2.24, 2.45) is 0 Å². The Bertz CT molecular complexity index is 943. The first kappa shape index (κ1) is 19.7. The summed E-state index contributed by atoms with van der Waals surface area (Å²) in [7, 11) is 0. The van der Waals surface area contributed by atoms with Crippen LogP contribution in [0.3, 0.4) is 0 Å². The lowest BCUT2D eigenvalue weighted by Gasteiger charge is -2.12. The van der Waals surface area contributed by atoms with E-state index < -0.39 is 5.25 Å². The number of nitrogens with zero attached hydrogens (tertiary/aromatic N) is 2. The van der Waals surface area contributed by atoms with Gasteiger partial charge in [0.15, 0.2) is 0 Å². The van der Waals surface area contributed by atoms with E-state index in [4.69, 9.17) is 16.3 Å². The fourth-order valence-electron chi connectivity index (χ4n) is 2.91. The van der Waals surface area contributed by atoms with Crippen molar-refractivity contribution >= 4 is 41.2 Å². The molecule has 0 radical (unpaired) electrons. The molecular formula is C20H20ClFN2O2S. The first-order chi connectivity index (χ1) is 13.0. The Morgan fingerprint density at radius 1 is 1.30 bits per heavy atom. The smallest absolute Gasteiger partial charge is 0.318 e. The zero-order valence-electron chi connectivity index (χ0n) is 14.9. The van der Waals surface area contributed by atoms with Crippen LogP contribution < -0.4 is 0 Å². The van der Waals surface area contributed by atoms with Crippen LogP contribution in [0.5, 0.6) is 0 Å². The lowest BCUT2D eigenvalue weighted by Crippen LogP contribution is -2.19. The molecule has 1 aromatic heterocycles. The normalized spacial score (nSPS) is 12.3. The molecule has 0 saturated heterocycles. The van der Waals surface area contributed by atoms with Crippen molar-refractivity contribution in [3.63, 3.8) is 0 Å². The van der Waals surface area contributed by atoms with E-state index in [1.807, 2.05) is 28.8 Å². The number of halogens is 2. The molecule has 142 valence electrons. The van der Waals surface area contributed by atoms with Gasteiger partial charge >= 0.3 is 5.97 Å². The van der Waals surface area contributed by atoms with Gasteiger partial charge in [0, 0.05) is 24.1 Å². The number of thiol groups is 1. The van der Waals surface area contributed by atoms with Gasteiger partial charge in [-0.2, -0.15) is 12.6 Å². The fourth-order valence-corrected chi connectivity index (χ4v) is 3.24. The number of carbonyl (C=O) groups excluding carboxylic acids is 1. The van der Waals surface area contributed by atoms with Gasteiger partial charge in [0.05, 0.1) is 22.9 Å². The second-order valence-corrected chi connectivity index (χ2v) is 7.24. The highest BCUT2D eigenvalue weighted by atomic mass is 35.5. The summed E-state index contributed by atoms with van der Waals surface area (Å²) in [4.78, 5) is 16.4. The molecular weight excluding hydrogens is 387 g/mol. The fraction of sp³-hybridized carbons (Fsp3) is 0.300. The third-order valence-electron chi connectivity index (χ3n) is 4.24. The number of benzene rings is 2. The van der Waals surface area contributed by atoms with E-state index in [9.17, 15) is 9.18 Å². The minimum Gasteiger partial charge on any atom is -0.465 e. The molecule has 0 aliphatic carbocycles. The average molecular weight is 407 g/mol. The van der Waals surface area contributed by atoms with E-state index in [0.29, 0.717) is 36.5 Å². The number of hydrogen-bond donors (Lipinski definition) is 1. The summed E-state index contributed by atoms with van der Waals surface area (Å²) in [5.74, 6) is 0.102. The predicted molar refractivity (Wildman–Crippen MR) is 108 cm³/mol. The minimum absolute atomic E-state index is 0.324. The summed E-state index contributed by atoms with van der Waals surface area (Å²) in [6, 6.07) is 12.1. The minimum atomic E-state index is -0.523. The van der Waals surface area contributed by atoms with Crippen LogP contribution in [0.1, 0.15) is 24.7 Å². The molecule has 0 saturated carbocycles. The summed E-state index contributed by atoms with van der Waals surface area (Å²) in [6.45, 7) is 2.66. The van der Waals surface area contributed by atoms with Gasteiger partial charge in [-0.15, -0.1) is 0 Å². The van der Waals surface area contributed by atoms with Crippen LogP contribution in [-0.4, -0.2) is 27.4 Å². The molecule has 7 heteroatoms. The van der Waals surface area contributed by atoms with Crippen molar-refractivity contribution in [1.29, 1.82) is 0 Å². The van der Waals surface area contributed by atoms with Crippen LogP contribution in [-0.2, 0) is 22.5 Å². The number of imidazole rings is 1. The molecule has 2 aromatic carbocycles. The Kier molecular flexibility index (Phi) is 6.39. The molecule has 4 nitrogen and oxygen atoms in total. The number of fused-ring (bicyclic) bond motifs is 1. The Hall–Kier alpha value is -2.05. The lowest BCUT2D eigenvalue weighted by molar-refractivity contribution is -0.142. The van der Waals surface area contributed by atoms with Crippen LogP contribution in [0.4, 0.5) is 4.39 Å². The molecule has 3 aromatic rings. The van der Waals surface area contributed by atoms with E-state index in [1.54, 1.807) is 13.0 Å². The topological polar surface area (TPSA) is 44.1 Å². The number of aryl methyl sites for hydroxylation is 1. The number of esters is 1. The SMILES string of the molecule is CCOC(=O)C(S)CCc1nc2cc(F)ccc2n1Cc1ccc(Cl)cc1. The van der Waals surface area contributed by atoms with E-state index in [1.165, 1.54) is 12.1 Å². The van der Waals surface area contributed by atoms with Crippen LogP contribution >= 0.6 is 24.2 Å². The first-order valence-electron chi connectivity index (χ1n) is 8.71. The Labute approximate surface area is 167 Å². The van der Waals surface area contributed by atoms with Gasteiger partial charge in [-0.25, -0.2) is 9.37 Å². The highest BCUT2D eigenvalue weighted by Crippen LogP contribution is 2.22. The van der Waals surface area contributed by atoms with Crippen LogP contribution in [0.2, 0.25) is 5.02 Å². The highest BCUT2D eigenvalue weighted by molar-refractivity contribution is 7.81. The van der Waals surface area contributed by atoms with Crippen LogP contribution in [0.15, 0.2) is 42.5 Å². The van der Waals surface area contributed by atoms with E-state index in [0.717, 1.165) is 16.9 Å². The van der Waals surface area contributed by atoms with Crippen LogP contribution in [0.25, 0.3) is 11.0 Å². The molecule has 0 aliphatic heterocycles. The van der Waals surface area contributed by atoms with E-state index >= 15 is 0 Å². The largest absolute Gasteiger partial charge is 0.465 e. The maximum Gasteiger partial charge on any atom is 0.318 e. The molecule has 0 aliphatic rings. The molecule has 0 amide bonds. The maximum atomic E-state index is 13.6. The molecule has 0 N–H and O–H groups in total. The lowest BCUT2D eigenvalue weighted by atomic mass is 10.2. The Morgan fingerprint density at radius 3 is 2.74 bits per heavy atom. The third-order valence-corrected chi connectivity index (χ3v) is 4.96. The number of aromatic nitrogens is 2. The van der Waals surface area contributed by atoms with Gasteiger partial charge in [0.1, 0.15) is 11.6 Å². The summed E-state index contributed by atoms with van der Waals surface area (Å²) < 4.78 is 20.6. The van der Waals surface area contributed by atoms with Crippen LogP contribution in [0, 0.1) is 5.82 Å². The number of hydrogen-bond acceptors (Lipinski definition) is 4. The van der Waals surface area contributed by atoms with Gasteiger partial charge < -0.3 is 9.30 Å². The van der Waals surface area contributed by atoms with Crippen molar-refractivity contribution in [3.05, 3.63) is 64.7 Å². The van der Waals surface area contributed by atoms with Crippen molar-refractivity contribution in [1.82, 2.24) is 9.55 Å². The molecule has 1 unspecified atom stereocenters. The van der Waals surface area contributed by atoms with E-state index in [2.05, 4.69) is 17.6 Å². The molecule has 0 fully saturated rings. The first-order valence-corrected chi connectivity index (χ1v) is 9.61. The Morgan fingerprint density at radius 2 is 2.04 bits per heavy atom. The van der Waals surface area contributed by atoms with Crippen molar-refractivity contribution in [3.8, 4) is 0 Å². The zero-order chi connectivity index (χ0) is 19.4. The van der Waals surface area contributed by atoms with Gasteiger partial charge in [-0.3, -0.25) is 4.79 Å². The standard InChI is InChI=1S/C20H20ClFN2O2S/c1-2-26-20(25)18(27)9-10-19-23-16-11-15(22)7-8-17(16)24(19)12-13-3-5-14(21)6-4-13/h3-8,11,18,27H,2,9-10,12H2,1H3. The van der Waals surface area contributed by atoms with Gasteiger partial charge in [0.2, 0.25) is 0 Å². The monoisotopic (exact) mass is 406 g/mol. The summed E-state index contributed by atoms with van der Waals surface area (Å²) in [6.07, 6.45) is 1.01. The van der Waals surface area contributed by atoms with E-state index in [-0.39, 0.29) is 11.8 Å². The number of ether oxygens (including phenoxy) is 1. The third kappa shape index (κ3) is 4.82. The summed E-state index contributed by atoms with van der Waals surface area (Å²) in [5.41, 5.74) is 2.48. The van der Waals surface area contributed by atoms with Crippen molar-refractivity contribution < 1.29 is 13.9 Å². The zero-order valence-corrected chi connectivity index (χ0v) is 16.5. The highest BCUT2D eigenvalue weighted by Gasteiger charge is 2.18. The molecule has 1 heterocycles. The van der Waals surface area contributed by atoms with Gasteiger partial charge in [0.25, 0.3) is 0 Å². The summed E-state index contributed by atoms with van der Waals surface area (Å²) in [5, 5.41) is 0.148. The molecule has 0 spiro atoms. The molecule has 3 rings (SSSR count). The van der Waals surface area contributed by atoms with Crippen molar-refractivity contribution in [2.75, 3.05) is 6.61 Å². The second kappa shape index (κ2) is 8.76. The number of rotatable bonds is 7. The maximum absolute atomic E-state index is 13.6.